The van der Waals surface area contributed by atoms with E-state index in [2.05, 4.69) is 20.9 Å². The number of aliphatic hydroxyl groups is 1. The van der Waals surface area contributed by atoms with E-state index < -0.39 is 13.0 Å². The maximum absolute atomic E-state index is 12.6. The van der Waals surface area contributed by atoms with Crippen LogP contribution in [-0.4, -0.2) is 10.1 Å². The summed E-state index contributed by atoms with van der Waals surface area (Å²) in [4.78, 5) is 3.85. The van der Waals surface area contributed by atoms with Crippen molar-refractivity contribution in [1.29, 1.82) is 0 Å². The van der Waals surface area contributed by atoms with Gasteiger partial charge in [-0.2, -0.15) is 0 Å². The molecule has 78 valence electrons. The van der Waals surface area contributed by atoms with E-state index in [-0.39, 0.29) is 22.1 Å². The van der Waals surface area contributed by atoms with Gasteiger partial charge in [0, 0.05) is 28.3 Å². The molecule has 6 heteroatoms. The van der Waals surface area contributed by atoms with Crippen LogP contribution < -0.4 is 5.73 Å². The van der Waals surface area contributed by atoms with Gasteiger partial charge >= 0.3 is 0 Å². The van der Waals surface area contributed by atoms with Crippen LogP contribution in [0.5, 0.6) is 0 Å². The van der Waals surface area contributed by atoms with Crippen molar-refractivity contribution in [3.63, 3.8) is 0 Å². The Kier molecular flexibility index (Phi) is 3.91. The molecule has 1 heterocycles. The lowest BCUT2D eigenvalue weighted by Crippen LogP contribution is -2.08. The molecule has 0 atom stereocenters. The van der Waals surface area contributed by atoms with Crippen LogP contribution in [0.1, 0.15) is 23.2 Å². The highest BCUT2D eigenvalue weighted by atomic mass is 79.9. The molecule has 0 aliphatic rings. The SMILES string of the molecule is NCc1ncc(Br)c(C(F)F)c1CO. The van der Waals surface area contributed by atoms with Gasteiger partial charge in [0.1, 0.15) is 0 Å². The Balaban J connectivity index is 3.35. The molecule has 0 amide bonds. The van der Waals surface area contributed by atoms with Gasteiger partial charge in [0.25, 0.3) is 6.43 Å². The molecule has 0 fully saturated rings. The molecule has 3 nitrogen and oxygen atoms in total. The first-order valence-corrected chi connectivity index (χ1v) is 4.66. The van der Waals surface area contributed by atoms with Crippen molar-refractivity contribution < 1.29 is 13.9 Å². The van der Waals surface area contributed by atoms with Gasteiger partial charge in [0.2, 0.25) is 0 Å². The first kappa shape index (κ1) is 11.5. The Labute approximate surface area is 88.1 Å². The monoisotopic (exact) mass is 266 g/mol. The predicted octanol–water partition coefficient (Wildman–Crippen LogP) is 1.73. The van der Waals surface area contributed by atoms with Crippen molar-refractivity contribution in [3.8, 4) is 0 Å². The number of rotatable bonds is 3. The van der Waals surface area contributed by atoms with Crippen LogP contribution in [0, 0.1) is 0 Å². The van der Waals surface area contributed by atoms with Crippen molar-refractivity contribution in [3.05, 3.63) is 27.5 Å². The lowest BCUT2D eigenvalue weighted by Gasteiger charge is -2.11. The molecular weight excluding hydrogens is 258 g/mol. The number of halogens is 3. The summed E-state index contributed by atoms with van der Waals surface area (Å²) in [7, 11) is 0. The van der Waals surface area contributed by atoms with Crippen molar-refractivity contribution in [1.82, 2.24) is 4.98 Å². The van der Waals surface area contributed by atoms with E-state index in [0.717, 1.165) is 0 Å². The standard InChI is InChI=1S/C8H9BrF2N2O/c9-5-2-13-6(1-12)4(3-14)7(5)8(10)11/h2,8,14H,1,3,12H2. The number of aromatic nitrogens is 1. The minimum Gasteiger partial charge on any atom is -0.392 e. The van der Waals surface area contributed by atoms with E-state index in [1.165, 1.54) is 6.20 Å². The summed E-state index contributed by atoms with van der Waals surface area (Å²) < 4.78 is 25.4. The lowest BCUT2D eigenvalue weighted by atomic mass is 10.1. The summed E-state index contributed by atoms with van der Waals surface area (Å²) in [5.41, 5.74) is 5.48. The first-order valence-electron chi connectivity index (χ1n) is 3.87. The van der Waals surface area contributed by atoms with Gasteiger partial charge < -0.3 is 10.8 Å². The van der Waals surface area contributed by atoms with Gasteiger partial charge in [-0.15, -0.1) is 0 Å². The Morgan fingerprint density at radius 3 is 2.64 bits per heavy atom. The third-order valence-electron chi connectivity index (χ3n) is 1.83. The lowest BCUT2D eigenvalue weighted by molar-refractivity contribution is 0.145. The summed E-state index contributed by atoms with van der Waals surface area (Å²) in [6.07, 6.45) is -1.39. The van der Waals surface area contributed by atoms with E-state index >= 15 is 0 Å². The highest BCUT2D eigenvalue weighted by Crippen LogP contribution is 2.31. The van der Waals surface area contributed by atoms with Crippen molar-refractivity contribution in [2.45, 2.75) is 19.6 Å². The number of hydrogen-bond donors (Lipinski definition) is 2. The molecule has 0 aromatic carbocycles. The fourth-order valence-electron chi connectivity index (χ4n) is 1.17. The summed E-state index contributed by atoms with van der Waals surface area (Å²) in [6.45, 7) is -0.457. The number of alkyl halides is 2. The number of nitrogens with zero attached hydrogens (tertiary/aromatic N) is 1. The minimum atomic E-state index is -2.65. The second-order valence-electron chi connectivity index (χ2n) is 2.61. The van der Waals surface area contributed by atoms with Gasteiger partial charge in [-0.05, 0) is 15.9 Å². The van der Waals surface area contributed by atoms with E-state index in [1.54, 1.807) is 0 Å². The normalized spacial score (nSPS) is 11.0. The molecule has 0 unspecified atom stereocenters. The molecule has 0 bridgehead atoms. The van der Waals surface area contributed by atoms with Crippen LogP contribution in [0.3, 0.4) is 0 Å². The van der Waals surface area contributed by atoms with Crippen LogP contribution in [-0.2, 0) is 13.2 Å². The quantitative estimate of drug-likeness (QED) is 0.876. The van der Waals surface area contributed by atoms with E-state index in [4.69, 9.17) is 10.8 Å². The van der Waals surface area contributed by atoms with E-state index in [1.807, 2.05) is 0 Å². The molecule has 3 N–H and O–H groups in total. The van der Waals surface area contributed by atoms with E-state index in [0.29, 0.717) is 5.69 Å². The minimum absolute atomic E-state index is 0.0306. The van der Waals surface area contributed by atoms with Crippen LogP contribution >= 0.6 is 15.9 Å². The molecule has 1 aromatic heterocycles. The average Bonchev–Trinajstić information content (AvgIpc) is 2.16. The molecule has 0 spiro atoms. The summed E-state index contributed by atoms with van der Waals surface area (Å²) in [5.74, 6) is 0. The first-order chi connectivity index (χ1) is 6.61. The second kappa shape index (κ2) is 4.77. The maximum Gasteiger partial charge on any atom is 0.265 e. The van der Waals surface area contributed by atoms with Crippen LogP contribution in [0.25, 0.3) is 0 Å². The van der Waals surface area contributed by atoms with Crippen molar-refractivity contribution in [2.75, 3.05) is 0 Å². The number of pyridine rings is 1. The molecule has 0 radical (unpaired) electrons. The highest BCUT2D eigenvalue weighted by Gasteiger charge is 2.19. The predicted molar refractivity (Wildman–Crippen MR) is 50.7 cm³/mol. The van der Waals surface area contributed by atoms with Crippen LogP contribution in [0.15, 0.2) is 10.7 Å². The molecule has 1 rings (SSSR count). The zero-order valence-electron chi connectivity index (χ0n) is 7.17. The summed E-state index contributed by atoms with van der Waals surface area (Å²) in [6, 6.07) is 0. The Hall–Kier alpha value is -0.590. The molecular formula is C8H9BrF2N2O. The Morgan fingerprint density at radius 1 is 1.57 bits per heavy atom. The molecule has 0 aliphatic carbocycles. The summed E-state index contributed by atoms with van der Waals surface area (Å²) >= 11 is 2.96. The van der Waals surface area contributed by atoms with Gasteiger partial charge in [-0.25, -0.2) is 8.78 Å². The largest absolute Gasteiger partial charge is 0.392 e. The fourth-order valence-corrected chi connectivity index (χ4v) is 1.68. The topological polar surface area (TPSA) is 59.1 Å². The van der Waals surface area contributed by atoms with Gasteiger partial charge in [0.05, 0.1) is 12.3 Å². The smallest absolute Gasteiger partial charge is 0.265 e. The van der Waals surface area contributed by atoms with Gasteiger partial charge in [-0.1, -0.05) is 0 Å². The fraction of sp³-hybridized carbons (Fsp3) is 0.375. The van der Waals surface area contributed by atoms with Crippen molar-refractivity contribution in [2.24, 2.45) is 5.73 Å². The van der Waals surface area contributed by atoms with Crippen molar-refractivity contribution >= 4 is 15.9 Å². The maximum atomic E-state index is 12.6. The molecule has 1 aromatic rings. The third kappa shape index (κ3) is 2.08. The Morgan fingerprint density at radius 2 is 2.21 bits per heavy atom. The summed E-state index contributed by atoms with van der Waals surface area (Å²) in [5, 5.41) is 8.95. The Bertz CT molecular complexity index is 333. The van der Waals surface area contributed by atoms with Crippen LogP contribution in [0.2, 0.25) is 0 Å². The molecule has 0 aliphatic heterocycles. The number of nitrogens with two attached hydrogens (primary N) is 1. The molecule has 0 saturated carbocycles. The van der Waals surface area contributed by atoms with Gasteiger partial charge in [-0.3, -0.25) is 4.98 Å². The van der Waals surface area contributed by atoms with E-state index in [9.17, 15) is 8.78 Å². The zero-order chi connectivity index (χ0) is 10.7. The van der Waals surface area contributed by atoms with Gasteiger partial charge in [0.15, 0.2) is 0 Å². The number of hydrogen-bond acceptors (Lipinski definition) is 3. The second-order valence-corrected chi connectivity index (χ2v) is 3.46. The third-order valence-corrected chi connectivity index (χ3v) is 2.47. The molecule has 0 saturated heterocycles. The average molecular weight is 267 g/mol. The molecule has 14 heavy (non-hydrogen) atoms. The number of aliphatic hydroxyl groups excluding tert-OH is 1. The highest BCUT2D eigenvalue weighted by molar-refractivity contribution is 9.10. The zero-order valence-corrected chi connectivity index (χ0v) is 8.76. The van der Waals surface area contributed by atoms with Crippen LogP contribution in [0.4, 0.5) is 8.78 Å².